The van der Waals surface area contributed by atoms with Gasteiger partial charge in [0.1, 0.15) is 5.75 Å². The normalized spacial score (nSPS) is 15.7. The first kappa shape index (κ1) is 16.0. The van der Waals surface area contributed by atoms with E-state index in [1.807, 2.05) is 13.0 Å². The highest BCUT2D eigenvalue weighted by Gasteiger charge is 2.15. The second-order valence-electron chi connectivity index (χ2n) is 6.36. The molecule has 1 aliphatic rings. The molecular weight excluding hydrogens is 286 g/mol. The largest absolute Gasteiger partial charge is 0.493 e. The van der Waals surface area contributed by atoms with Crippen molar-refractivity contribution in [1.29, 1.82) is 0 Å². The van der Waals surface area contributed by atoms with E-state index in [4.69, 9.17) is 4.74 Å². The highest BCUT2D eigenvalue weighted by molar-refractivity contribution is 5.39. The summed E-state index contributed by atoms with van der Waals surface area (Å²) in [6.07, 6.45) is 1.49. The molecule has 2 aromatic carbocycles. The number of fused-ring (bicyclic) bond motifs is 1. The Morgan fingerprint density at radius 3 is 2.78 bits per heavy atom. The third kappa shape index (κ3) is 4.34. The minimum Gasteiger partial charge on any atom is -0.493 e. The Morgan fingerprint density at radius 1 is 1.17 bits per heavy atom. The maximum absolute atomic E-state index is 9.76. The summed E-state index contributed by atoms with van der Waals surface area (Å²) in [6.45, 7) is 4.37. The molecule has 0 saturated heterocycles. The third-order valence-electron chi connectivity index (χ3n) is 4.37. The lowest BCUT2D eigenvalue weighted by atomic mass is 9.93. The van der Waals surface area contributed by atoms with Gasteiger partial charge in [0.15, 0.2) is 0 Å². The zero-order valence-corrected chi connectivity index (χ0v) is 13.7. The summed E-state index contributed by atoms with van der Waals surface area (Å²) in [6, 6.07) is 16.9. The Bertz CT molecular complexity index is 625. The number of nitrogens with one attached hydrogen (secondary N) is 1. The van der Waals surface area contributed by atoms with Crippen LogP contribution in [0.25, 0.3) is 0 Å². The number of hydrogen-bond donors (Lipinski definition) is 2. The molecule has 0 bridgehead atoms. The van der Waals surface area contributed by atoms with Crippen LogP contribution in [-0.2, 0) is 13.0 Å². The van der Waals surface area contributed by atoms with Crippen LogP contribution < -0.4 is 10.1 Å². The summed E-state index contributed by atoms with van der Waals surface area (Å²) < 4.78 is 5.55. The molecule has 2 N–H and O–H groups in total. The molecule has 3 heteroatoms. The third-order valence-corrected chi connectivity index (χ3v) is 4.37. The molecule has 122 valence electrons. The van der Waals surface area contributed by atoms with Gasteiger partial charge in [-0.2, -0.15) is 0 Å². The van der Waals surface area contributed by atoms with E-state index >= 15 is 0 Å². The van der Waals surface area contributed by atoms with Gasteiger partial charge in [0.25, 0.3) is 0 Å². The molecule has 0 fully saturated rings. The minimum absolute atomic E-state index is 0.292. The second kappa shape index (κ2) is 7.62. The predicted molar refractivity (Wildman–Crippen MR) is 92.8 cm³/mol. The number of rotatable bonds is 7. The Balaban J connectivity index is 1.58. The molecule has 2 aromatic rings. The summed E-state index contributed by atoms with van der Waals surface area (Å²) >= 11 is 0. The Kier molecular flexibility index (Phi) is 5.31. The van der Waals surface area contributed by atoms with Crippen LogP contribution in [0.4, 0.5) is 0 Å². The smallest absolute Gasteiger partial charge is 0.122 e. The first-order valence-corrected chi connectivity index (χ1v) is 8.40. The molecule has 0 spiro atoms. The highest BCUT2D eigenvalue weighted by atomic mass is 16.5. The van der Waals surface area contributed by atoms with Gasteiger partial charge in [-0.15, -0.1) is 0 Å². The van der Waals surface area contributed by atoms with Gasteiger partial charge in [-0.25, -0.2) is 0 Å². The van der Waals surface area contributed by atoms with Crippen molar-refractivity contribution in [2.45, 2.75) is 38.3 Å². The van der Waals surface area contributed by atoms with Crippen molar-refractivity contribution in [2.75, 3.05) is 13.2 Å². The minimum atomic E-state index is -0.292. The van der Waals surface area contributed by atoms with Crippen LogP contribution in [-0.4, -0.2) is 24.4 Å². The lowest BCUT2D eigenvalue weighted by molar-refractivity contribution is 0.173. The van der Waals surface area contributed by atoms with Crippen molar-refractivity contribution in [3.05, 3.63) is 65.2 Å². The van der Waals surface area contributed by atoms with Crippen LogP contribution in [0.1, 0.15) is 36.0 Å². The summed E-state index contributed by atoms with van der Waals surface area (Å²) in [4.78, 5) is 0. The van der Waals surface area contributed by atoms with Crippen LogP contribution in [0.3, 0.4) is 0 Å². The molecule has 3 nitrogen and oxygen atoms in total. The van der Waals surface area contributed by atoms with Crippen LogP contribution >= 0.6 is 0 Å². The quantitative estimate of drug-likeness (QED) is 0.824. The van der Waals surface area contributed by atoms with E-state index in [0.29, 0.717) is 5.92 Å². The number of aliphatic hydroxyl groups excluding tert-OH is 1. The Hall–Kier alpha value is -1.84. The lowest BCUT2D eigenvalue weighted by Crippen LogP contribution is -2.23. The van der Waals surface area contributed by atoms with Crippen LogP contribution in [0.5, 0.6) is 5.75 Å². The second-order valence-corrected chi connectivity index (χ2v) is 6.36. The summed E-state index contributed by atoms with van der Waals surface area (Å²) in [5, 5.41) is 13.3. The summed E-state index contributed by atoms with van der Waals surface area (Å²) in [7, 11) is 0. The van der Waals surface area contributed by atoms with E-state index in [1.165, 1.54) is 16.7 Å². The molecular formula is C20H25NO2. The van der Waals surface area contributed by atoms with E-state index in [-0.39, 0.29) is 6.10 Å². The van der Waals surface area contributed by atoms with E-state index in [2.05, 4.69) is 47.8 Å². The SMILES string of the molecule is CC(O)CC(CNCc1ccc2c(c1)CCO2)c1ccccc1. The first-order valence-electron chi connectivity index (χ1n) is 8.40. The fourth-order valence-electron chi connectivity index (χ4n) is 3.21. The molecule has 0 amide bonds. The molecule has 3 rings (SSSR count). The van der Waals surface area contributed by atoms with Gasteiger partial charge >= 0.3 is 0 Å². The van der Waals surface area contributed by atoms with E-state index in [0.717, 1.165) is 38.3 Å². The number of benzene rings is 2. The summed E-state index contributed by atoms with van der Waals surface area (Å²) in [5.41, 5.74) is 3.88. The standard InChI is InChI=1S/C20H25NO2/c1-15(22)11-19(17-5-3-2-4-6-17)14-21-13-16-7-8-20-18(12-16)9-10-23-20/h2-8,12,15,19,21-22H,9-11,13-14H2,1H3. The molecule has 0 aromatic heterocycles. The van der Waals surface area contributed by atoms with Crippen LogP contribution in [0.2, 0.25) is 0 Å². The van der Waals surface area contributed by atoms with Gasteiger partial charge in [0.2, 0.25) is 0 Å². The van der Waals surface area contributed by atoms with Crippen molar-refractivity contribution in [1.82, 2.24) is 5.32 Å². The average Bonchev–Trinajstić information content (AvgIpc) is 3.02. The zero-order chi connectivity index (χ0) is 16.1. The van der Waals surface area contributed by atoms with Crippen molar-refractivity contribution in [3.63, 3.8) is 0 Å². The molecule has 2 unspecified atom stereocenters. The van der Waals surface area contributed by atoms with Gasteiger partial charge in [-0.3, -0.25) is 0 Å². The maximum atomic E-state index is 9.76. The molecule has 23 heavy (non-hydrogen) atoms. The van der Waals surface area contributed by atoms with Crippen molar-refractivity contribution >= 4 is 0 Å². The Labute approximate surface area is 138 Å². The van der Waals surface area contributed by atoms with Gasteiger partial charge in [-0.05, 0) is 42.0 Å². The summed E-state index contributed by atoms with van der Waals surface area (Å²) in [5.74, 6) is 1.36. The number of aliphatic hydroxyl groups is 1. The predicted octanol–water partition coefficient (Wildman–Crippen LogP) is 3.27. The zero-order valence-electron chi connectivity index (χ0n) is 13.7. The van der Waals surface area contributed by atoms with Gasteiger partial charge in [0, 0.05) is 19.5 Å². The van der Waals surface area contributed by atoms with Crippen molar-refractivity contribution in [3.8, 4) is 5.75 Å². The molecule has 0 aliphatic carbocycles. The van der Waals surface area contributed by atoms with Crippen molar-refractivity contribution in [2.24, 2.45) is 0 Å². The first-order chi connectivity index (χ1) is 11.2. The highest BCUT2D eigenvalue weighted by Crippen LogP contribution is 2.26. The fraction of sp³-hybridized carbons (Fsp3) is 0.400. The molecule has 1 aliphatic heterocycles. The van der Waals surface area contributed by atoms with E-state index in [1.54, 1.807) is 0 Å². The monoisotopic (exact) mass is 311 g/mol. The van der Waals surface area contributed by atoms with Gasteiger partial charge in [-0.1, -0.05) is 42.5 Å². The molecule has 0 radical (unpaired) electrons. The van der Waals surface area contributed by atoms with Crippen LogP contribution in [0.15, 0.2) is 48.5 Å². The Morgan fingerprint density at radius 2 is 2.00 bits per heavy atom. The molecule has 1 heterocycles. The number of ether oxygens (including phenoxy) is 1. The average molecular weight is 311 g/mol. The lowest BCUT2D eigenvalue weighted by Gasteiger charge is -2.20. The molecule has 0 saturated carbocycles. The number of hydrogen-bond acceptors (Lipinski definition) is 3. The fourth-order valence-corrected chi connectivity index (χ4v) is 3.21. The topological polar surface area (TPSA) is 41.5 Å². The maximum Gasteiger partial charge on any atom is 0.122 e. The van der Waals surface area contributed by atoms with Gasteiger partial charge in [0.05, 0.1) is 12.7 Å². The van der Waals surface area contributed by atoms with Crippen molar-refractivity contribution < 1.29 is 9.84 Å². The van der Waals surface area contributed by atoms with E-state index in [9.17, 15) is 5.11 Å². The van der Waals surface area contributed by atoms with Gasteiger partial charge < -0.3 is 15.2 Å². The van der Waals surface area contributed by atoms with Crippen LogP contribution in [0, 0.1) is 0 Å². The molecule has 2 atom stereocenters. The van der Waals surface area contributed by atoms with E-state index < -0.39 is 0 Å².